The van der Waals surface area contributed by atoms with E-state index in [1.807, 2.05) is 35.2 Å². The van der Waals surface area contributed by atoms with Crippen LogP contribution in [-0.4, -0.2) is 109 Å². The molecule has 0 bridgehead atoms. The lowest BCUT2D eigenvalue weighted by Crippen LogP contribution is -2.58. The van der Waals surface area contributed by atoms with Crippen molar-refractivity contribution in [3.05, 3.63) is 70.8 Å². The summed E-state index contributed by atoms with van der Waals surface area (Å²) in [5, 5.41) is 0. The summed E-state index contributed by atoms with van der Waals surface area (Å²) in [6.07, 6.45) is -1.34. The maximum atomic E-state index is 14.2. The molecule has 4 unspecified atom stereocenters. The zero-order valence-electron chi connectivity index (χ0n) is 26.1. The third-order valence-corrected chi connectivity index (χ3v) is 10.9. The predicted octanol–water partition coefficient (Wildman–Crippen LogP) is 5.66. The number of rotatable bonds is 7. The van der Waals surface area contributed by atoms with E-state index in [1.54, 1.807) is 4.90 Å². The first-order valence-corrected chi connectivity index (χ1v) is 17.4. The van der Waals surface area contributed by atoms with Crippen molar-refractivity contribution in [2.75, 3.05) is 59.0 Å². The number of piperazine rings is 1. The molecule has 4 saturated heterocycles. The number of hydrogen-bond donors (Lipinski definition) is 0. The van der Waals surface area contributed by atoms with Crippen molar-refractivity contribution in [1.29, 1.82) is 0 Å². The Morgan fingerprint density at radius 2 is 1.49 bits per heavy atom. The van der Waals surface area contributed by atoms with Gasteiger partial charge in [-0.2, -0.15) is 22.0 Å². The average Bonchev–Trinajstić information content (AvgIpc) is 3.77. The van der Waals surface area contributed by atoms with Gasteiger partial charge in [-0.15, -0.1) is 0 Å². The molecular formula is C34H40F5IN4O3. The van der Waals surface area contributed by atoms with Crippen molar-refractivity contribution in [2.45, 2.75) is 60.3 Å². The van der Waals surface area contributed by atoms with E-state index in [-0.39, 0.29) is 29.5 Å². The smallest absolute Gasteiger partial charge is 0.381 e. The molecule has 0 radical (unpaired) electrons. The van der Waals surface area contributed by atoms with Crippen LogP contribution in [0.3, 0.4) is 0 Å². The third-order valence-electron chi connectivity index (χ3n) is 10.2. The van der Waals surface area contributed by atoms with E-state index >= 15 is 0 Å². The Labute approximate surface area is 285 Å². The first-order valence-electron chi connectivity index (χ1n) is 16.4. The van der Waals surface area contributed by atoms with E-state index in [2.05, 4.69) is 9.80 Å². The first kappa shape index (κ1) is 34.5. The summed E-state index contributed by atoms with van der Waals surface area (Å²) < 4.78 is 71.4. The second-order valence-electron chi connectivity index (χ2n) is 13.2. The van der Waals surface area contributed by atoms with Gasteiger partial charge >= 0.3 is 10.1 Å². The summed E-state index contributed by atoms with van der Waals surface area (Å²) in [4.78, 5) is 35.2. The summed E-state index contributed by atoms with van der Waals surface area (Å²) in [6, 6.07) is 11.8. The zero-order valence-corrected chi connectivity index (χ0v) is 28.3. The highest BCUT2D eigenvalue weighted by Crippen LogP contribution is 2.40. The Bertz CT molecular complexity index is 1380. The molecule has 4 atom stereocenters. The largest absolute Gasteiger partial charge is 0.416 e. The molecule has 7 nitrogen and oxygen atoms in total. The van der Waals surface area contributed by atoms with Crippen LogP contribution in [0.4, 0.5) is 22.0 Å². The van der Waals surface area contributed by atoms with Gasteiger partial charge in [-0.25, -0.2) is 0 Å². The highest BCUT2D eigenvalue weighted by atomic mass is 127. The monoisotopic (exact) mass is 774 g/mol. The number of nitrogens with zero attached hydrogens (tertiary/aromatic N) is 4. The van der Waals surface area contributed by atoms with Gasteiger partial charge in [0.05, 0.1) is 18.1 Å². The first-order chi connectivity index (χ1) is 22.4. The fourth-order valence-electron chi connectivity index (χ4n) is 7.65. The second-order valence-corrected chi connectivity index (χ2v) is 14.5. The Balaban J connectivity index is 1.13. The Kier molecular flexibility index (Phi) is 10.5. The molecule has 0 N–H and O–H groups in total. The van der Waals surface area contributed by atoms with Crippen LogP contribution >= 0.6 is 22.6 Å². The van der Waals surface area contributed by atoms with Crippen LogP contribution in [0.15, 0.2) is 48.5 Å². The minimum Gasteiger partial charge on any atom is -0.381 e. The van der Waals surface area contributed by atoms with Crippen molar-refractivity contribution >= 4 is 34.4 Å². The molecule has 2 amide bonds. The number of carbonyl (C=O) groups is 2. The molecule has 6 rings (SSSR count). The maximum absolute atomic E-state index is 14.2. The standard InChI is InChI=1S/C34H40F5IN4O3/c35-33(36,37)26-17-25(18-27(19-26)34(38,39)40)32(46)44-10-7-28(20-30(44)16-23-4-2-1-3-5-23)41-11-13-42(14-12-41)29-6-9-43(21-29)31(45)24-8-15-47-22-24/h1-5,17-19,24,28-30H,6-16,20-22H2. The molecule has 0 spiro atoms. The molecule has 4 aliphatic rings. The van der Waals surface area contributed by atoms with Gasteiger partial charge in [0.1, 0.15) is 0 Å². The van der Waals surface area contributed by atoms with Gasteiger partial charge in [-0.05, 0) is 55.9 Å². The summed E-state index contributed by atoms with van der Waals surface area (Å²) >= 11 is 0.797. The maximum Gasteiger partial charge on any atom is 0.416 e. The number of alkyl halides is 6. The summed E-state index contributed by atoms with van der Waals surface area (Å²) in [5.41, 5.74) is -1.48. The van der Waals surface area contributed by atoms with Crippen molar-refractivity contribution in [1.82, 2.24) is 19.6 Å². The van der Waals surface area contributed by atoms with Gasteiger partial charge in [0, 0.05) is 104 Å². The molecule has 0 aliphatic carbocycles. The molecule has 2 aromatic rings. The predicted molar refractivity (Wildman–Crippen MR) is 174 cm³/mol. The molecule has 2 aromatic carbocycles. The summed E-state index contributed by atoms with van der Waals surface area (Å²) in [6.45, 7) is 6.45. The van der Waals surface area contributed by atoms with Crippen molar-refractivity contribution in [2.24, 2.45) is 5.92 Å². The fraction of sp³-hybridized carbons (Fsp3) is 0.588. The number of ether oxygens (including phenoxy) is 1. The van der Waals surface area contributed by atoms with E-state index in [0.29, 0.717) is 57.2 Å². The minimum absolute atomic E-state index is 0.0185. The van der Waals surface area contributed by atoms with Gasteiger partial charge in [0.2, 0.25) is 5.91 Å². The third kappa shape index (κ3) is 8.10. The lowest BCUT2D eigenvalue weighted by molar-refractivity contribution is -0.137. The van der Waals surface area contributed by atoms with Gasteiger partial charge < -0.3 is 14.5 Å². The van der Waals surface area contributed by atoms with E-state index < -0.39 is 27.1 Å². The van der Waals surface area contributed by atoms with Gasteiger partial charge in [0.15, 0.2) is 0 Å². The van der Waals surface area contributed by atoms with E-state index in [1.165, 1.54) is 0 Å². The minimum atomic E-state index is -4.87. The molecule has 0 saturated carbocycles. The van der Waals surface area contributed by atoms with E-state index in [4.69, 9.17) is 4.74 Å². The number of benzene rings is 2. The number of likely N-dealkylation sites (tertiary alicyclic amines) is 2. The van der Waals surface area contributed by atoms with Gasteiger partial charge in [-0.3, -0.25) is 19.4 Å². The quantitative estimate of drug-likeness (QED) is 0.207. The molecule has 13 heteroatoms. The fourth-order valence-corrected chi connectivity index (χ4v) is 7.96. The van der Waals surface area contributed by atoms with Crippen LogP contribution in [0.2, 0.25) is 0 Å². The number of halogens is 6. The van der Waals surface area contributed by atoms with Crippen molar-refractivity contribution in [3.8, 4) is 0 Å². The van der Waals surface area contributed by atoms with Crippen LogP contribution in [-0.2, 0) is 26.1 Å². The van der Waals surface area contributed by atoms with Crippen LogP contribution in [0.25, 0.3) is 0 Å². The number of amides is 2. The Hall–Kier alpha value is -2.36. The summed E-state index contributed by atoms with van der Waals surface area (Å²) in [5.74, 6) is -0.472. The lowest BCUT2D eigenvalue weighted by Gasteiger charge is -2.47. The normalized spacial score (nSPS) is 26.6. The molecule has 4 heterocycles. The zero-order chi connectivity index (χ0) is 33.3. The van der Waals surface area contributed by atoms with Gasteiger partial charge in [0.25, 0.3) is 5.91 Å². The number of carbonyl (C=O) groups excluding carboxylic acids is 2. The van der Waals surface area contributed by atoms with Crippen LogP contribution < -0.4 is 0 Å². The highest BCUT2D eigenvalue weighted by molar-refractivity contribution is 14.1. The van der Waals surface area contributed by atoms with Gasteiger partial charge in [-0.1, -0.05) is 30.3 Å². The molecule has 4 aliphatic heterocycles. The second kappa shape index (κ2) is 14.2. The number of hydrogen-bond acceptors (Lipinski definition) is 5. The average molecular weight is 775 g/mol. The van der Waals surface area contributed by atoms with Crippen molar-refractivity contribution in [3.63, 3.8) is 0 Å². The number of piperidine rings is 1. The van der Waals surface area contributed by atoms with E-state index in [0.717, 1.165) is 86.3 Å². The molecular weight excluding hydrogens is 734 g/mol. The highest BCUT2D eigenvalue weighted by Gasteiger charge is 2.41. The van der Waals surface area contributed by atoms with Crippen molar-refractivity contribution < 1.29 is 36.3 Å². The van der Waals surface area contributed by atoms with Crippen LogP contribution in [0, 0.1) is 5.92 Å². The molecule has 0 aromatic heterocycles. The molecule has 256 valence electrons. The lowest BCUT2D eigenvalue weighted by atomic mass is 9.90. The van der Waals surface area contributed by atoms with Crippen LogP contribution in [0.1, 0.15) is 52.7 Å². The SMILES string of the molecule is O=C(C1CCOC1)N1CCC(N2CCN(C3CCN(C(=O)c4cc(C(F)(F)F)cc(C(F)(F)I)c4)C(Cc4ccccc4)C3)CC2)C1. The molecule has 47 heavy (non-hydrogen) atoms. The topological polar surface area (TPSA) is 56.3 Å². The summed E-state index contributed by atoms with van der Waals surface area (Å²) in [7, 11) is 0. The van der Waals surface area contributed by atoms with Crippen LogP contribution in [0.5, 0.6) is 0 Å². The van der Waals surface area contributed by atoms with E-state index in [9.17, 15) is 31.5 Å². The molecule has 4 fully saturated rings. The Morgan fingerprint density at radius 3 is 2.13 bits per heavy atom. The Morgan fingerprint density at radius 1 is 0.830 bits per heavy atom.